The molecule has 0 aromatic rings. The Morgan fingerprint density at radius 2 is 1.72 bits per heavy atom. The second-order valence-corrected chi connectivity index (χ2v) is 5.05. The predicted octanol–water partition coefficient (Wildman–Crippen LogP) is -0.398. The molecule has 0 bridgehead atoms. The van der Waals surface area contributed by atoms with Crippen molar-refractivity contribution >= 4 is 11.9 Å². The number of rotatable bonds is 5. The number of carbonyl (C=O) groups is 2. The maximum Gasteiger partial charge on any atom is 0.320 e. The molecule has 1 amide bonds. The number of hydrogen-bond acceptors (Lipinski definition) is 4. The van der Waals surface area contributed by atoms with Crippen molar-refractivity contribution in [1.29, 1.82) is 0 Å². The largest absolute Gasteiger partial charge is 0.480 e. The molecule has 1 rings (SSSR count). The summed E-state index contributed by atoms with van der Waals surface area (Å²) < 4.78 is 0. The number of amides is 1. The molecule has 6 nitrogen and oxygen atoms in total. The van der Waals surface area contributed by atoms with Gasteiger partial charge in [0.05, 0.1) is 6.54 Å². The lowest BCUT2D eigenvalue weighted by Crippen LogP contribution is -2.53. The molecule has 0 unspecified atom stereocenters. The van der Waals surface area contributed by atoms with E-state index in [1.165, 1.54) is 0 Å². The molecule has 1 heterocycles. The summed E-state index contributed by atoms with van der Waals surface area (Å²) in [5.74, 6) is -0.759. The number of nitrogens with zero attached hydrogens (tertiary/aromatic N) is 2. The van der Waals surface area contributed by atoms with Crippen molar-refractivity contribution in [1.82, 2.24) is 15.1 Å². The van der Waals surface area contributed by atoms with Gasteiger partial charge in [-0.05, 0) is 20.8 Å². The molecule has 0 aromatic carbocycles. The number of carboxylic acids is 1. The van der Waals surface area contributed by atoms with Crippen LogP contribution in [-0.2, 0) is 9.59 Å². The van der Waals surface area contributed by atoms with E-state index < -0.39 is 12.0 Å². The molecular formula is C12H23N3O3. The molecule has 0 spiro atoms. The van der Waals surface area contributed by atoms with E-state index in [1.54, 1.807) is 6.92 Å². The van der Waals surface area contributed by atoms with Crippen LogP contribution in [0.5, 0.6) is 0 Å². The highest BCUT2D eigenvalue weighted by molar-refractivity contribution is 5.78. The number of piperazine rings is 1. The lowest BCUT2D eigenvalue weighted by atomic mass is 10.2. The van der Waals surface area contributed by atoms with Crippen LogP contribution in [0.1, 0.15) is 20.8 Å². The van der Waals surface area contributed by atoms with Crippen LogP contribution in [0.3, 0.4) is 0 Å². The average molecular weight is 257 g/mol. The first kappa shape index (κ1) is 14.9. The summed E-state index contributed by atoms with van der Waals surface area (Å²) >= 11 is 0. The number of hydrogen-bond donors (Lipinski definition) is 2. The van der Waals surface area contributed by atoms with Gasteiger partial charge in [-0.15, -0.1) is 0 Å². The second kappa shape index (κ2) is 6.70. The van der Waals surface area contributed by atoms with Gasteiger partial charge in [0.15, 0.2) is 0 Å². The second-order valence-electron chi connectivity index (χ2n) is 5.05. The molecule has 0 radical (unpaired) electrons. The lowest BCUT2D eigenvalue weighted by Gasteiger charge is -2.36. The summed E-state index contributed by atoms with van der Waals surface area (Å²) in [6.45, 7) is 8.84. The third-order valence-corrected chi connectivity index (χ3v) is 3.13. The van der Waals surface area contributed by atoms with Gasteiger partial charge in [0.1, 0.15) is 6.04 Å². The van der Waals surface area contributed by atoms with E-state index in [1.807, 2.05) is 18.7 Å². The Bertz CT molecular complexity index is 299. The van der Waals surface area contributed by atoms with Crippen LogP contribution in [0.4, 0.5) is 0 Å². The van der Waals surface area contributed by atoms with Crippen LogP contribution < -0.4 is 5.32 Å². The first-order chi connectivity index (χ1) is 8.40. The molecule has 1 saturated heterocycles. The fraction of sp³-hybridized carbons (Fsp3) is 0.833. The van der Waals surface area contributed by atoms with E-state index in [4.69, 9.17) is 5.11 Å². The maximum absolute atomic E-state index is 11.6. The first-order valence-corrected chi connectivity index (χ1v) is 6.38. The Morgan fingerprint density at radius 3 is 2.17 bits per heavy atom. The van der Waals surface area contributed by atoms with Gasteiger partial charge in [0, 0.05) is 32.2 Å². The Hall–Kier alpha value is -1.14. The van der Waals surface area contributed by atoms with Crippen molar-refractivity contribution in [2.45, 2.75) is 32.9 Å². The van der Waals surface area contributed by atoms with Gasteiger partial charge < -0.3 is 10.4 Å². The minimum Gasteiger partial charge on any atom is -0.480 e. The number of aliphatic carboxylic acids is 1. The maximum atomic E-state index is 11.6. The Labute approximate surface area is 108 Å². The predicted molar refractivity (Wildman–Crippen MR) is 68.4 cm³/mol. The normalized spacial score (nSPS) is 19.8. The zero-order valence-corrected chi connectivity index (χ0v) is 11.3. The summed E-state index contributed by atoms with van der Waals surface area (Å²) in [6.07, 6.45) is 0. The highest BCUT2D eigenvalue weighted by atomic mass is 16.4. The molecular weight excluding hydrogens is 234 g/mol. The standard InChI is InChI=1S/C12H23N3O3/c1-9(2)13-11(16)8-14-4-6-15(7-5-14)10(3)12(17)18/h9-10H,4-8H2,1-3H3,(H,13,16)(H,17,18)/t10-/m1/s1. The monoisotopic (exact) mass is 257 g/mol. The fourth-order valence-electron chi connectivity index (χ4n) is 2.04. The van der Waals surface area contributed by atoms with Gasteiger partial charge >= 0.3 is 5.97 Å². The first-order valence-electron chi connectivity index (χ1n) is 6.38. The third-order valence-electron chi connectivity index (χ3n) is 3.13. The molecule has 104 valence electrons. The third kappa shape index (κ3) is 4.62. The van der Waals surface area contributed by atoms with Crippen LogP contribution in [0.2, 0.25) is 0 Å². The minimum absolute atomic E-state index is 0.0322. The summed E-state index contributed by atoms with van der Waals surface area (Å²) in [5, 5.41) is 11.8. The minimum atomic E-state index is -0.791. The molecule has 6 heteroatoms. The molecule has 0 aliphatic carbocycles. The van der Waals surface area contributed by atoms with Gasteiger partial charge in [-0.2, -0.15) is 0 Å². The summed E-state index contributed by atoms with van der Waals surface area (Å²) in [4.78, 5) is 26.4. The van der Waals surface area contributed by atoms with Gasteiger partial charge in [-0.3, -0.25) is 19.4 Å². The van der Waals surface area contributed by atoms with Crippen molar-refractivity contribution in [2.75, 3.05) is 32.7 Å². The van der Waals surface area contributed by atoms with E-state index in [0.717, 1.165) is 13.1 Å². The van der Waals surface area contributed by atoms with Crippen molar-refractivity contribution in [3.63, 3.8) is 0 Å². The van der Waals surface area contributed by atoms with Crippen LogP contribution in [0.15, 0.2) is 0 Å². The van der Waals surface area contributed by atoms with Gasteiger partial charge in [0.2, 0.25) is 5.91 Å². The van der Waals surface area contributed by atoms with Gasteiger partial charge in [0.25, 0.3) is 0 Å². The quantitative estimate of drug-likeness (QED) is 0.701. The van der Waals surface area contributed by atoms with Crippen LogP contribution in [-0.4, -0.2) is 71.6 Å². The summed E-state index contributed by atoms with van der Waals surface area (Å²) in [5.41, 5.74) is 0. The zero-order valence-electron chi connectivity index (χ0n) is 11.3. The number of carboxylic acid groups (broad SMARTS) is 1. The topological polar surface area (TPSA) is 72.9 Å². The van der Waals surface area contributed by atoms with Crippen molar-refractivity contribution < 1.29 is 14.7 Å². The van der Waals surface area contributed by atoms with E-state index in [-0.39, 0.29) is 11.9 Å². The van der Waals surface area contributed by atoms with Crippen molar-refractivity contribution in [3.8, 4) is 0 Å². The molecule has 1 fully saturated rings. The molecule has 0 saturated carbocycles. The molecule has 1 aliphatic heterocycles. The van der Waals surface area contributed by atoms with E-state index in [2.05, 4.69) is 10.2 Å². The van der Waals surface area contributed by atoms with E-state index >= 15 is 0 Å². The molecule has 0 aromatic heterocycles. The fourth-order valence-corrected chi connectivity index (χ4v) is 2.04. The highest BCUT2D eigenvalue weighted by Crippen LogP contribution is 2.06. The van der Waals surface area contributed by atoms with Crippen LogP contribution in [0, 0.1) is 0 Å². The van der Waals surface area contributed by atoms with Gasteiger partial charge in [-0.1, -0.05) is 0 Å². The van der Waals surface area contributed by atoms with Crippen LogP contribution in [0.25, 0.3) is 0 Å². The summed E-state index contributed by atoms with van der Waals surface area (Å²) in [6, 6.07) is -0.289. The van der Waals surface area contributed by atoms with Crippen LogP contribution >= 0.6 is 0 Å². The highest BCUT2D eigenvalue weighted by Gasteiger charge is 2.25. The molecule has 18 heavy (non-hydrogen) atoms. The number of carbonyl (C=O) groups excluding carboxylic acids is 1. The van der Waals surface area contributed by atoms with Crippen molar-refractivity contribution in [2.24, 2.45) is 0 Å². The van der Waals surface area contributed by atoms with E-state index in [9.17, 15) is 9.59 Å². The van der Waals surface area contributed by atoms with E-state index in [0.29, 0.717) is 19.6 Å². The summed E-state index contributed by atoms with van der Waals surface area (Å²) in [7, 11) is 0. The molecule has 1 aliphatic rings. The Balaban J connectivity index is 2.31. The smallest absolute Gasteiger partial charge is 0.320 e. The Kier molecular flexibility index (Phi) is 5.55. The van der Waals surface area contributed by atoms with Crippen molar-refractivity contribution in [3.05, 3.63) is 0 Å². The molecule has 2 N–H and O–H groups in total. The SMILES string of the molecule is CC(C)NC(=O)CN1CCN([C@H](C)C(=O)O)CC1. The number of nitrogens with one attached hydrogen (secondary N) is 1. The molecule has 1 atom stereocenters. The lowest BCUT2D eigenvalue weighted by molar-refractivity contribution is -0.143. The average Bonchev–Trinajstić information content (AvgIpc) is 2.27. The zero-order chi connectivity index (χ0) is 13.7. The Morgan fingerprint density at radius 1 is 1.17 bits per heavy atom. The van der Waals surface area contributed by atoms with Gasteiger partial charge in [-0.25, -0.2) is 0 Å².